The molecule has 3 N–H and O–H groups in total. The van der Waals surface area contributed by atoms with E-state index in [0.717, 1.165) is 25.7 Å². The van der Waals surface area contributed by atoms with Crippen LogP contribution >= 0.6 is 0 Å². The number of carbonyl (C=O) groups excluding carboxylic acids is 1. The quantitative estimate of drug-likeness (QED) is 0.636. The van der Waals surface area contributed by atoms with Gasteiger partial charge in [0.2, 0.25) is 5.91 Å². The summed E-state index contributed by atoms with van der Waals surface area (Å²) in [5, 5.41) is 20.1. The molecule has 1 aliphatic carbocycles. The molecular weight excluding hydrogens is 210 g/mol. The predicted octanol–water partition coefficient (Wildman–Crippen LogP) is 0.376. The molecule has 1 fully saturated rings. The van der Waals surface area contributed by atoms with Crippen LogP contribution in [0, 0.1) is 11.8 Å². The first kappa shape index (κ1) is 13.0. The summed E-state index contributed by atoms with van der Waals surface area (Å²) in [6.07, 6.45) is 5.16. The molecule has 0 spiro atoms. The van der Waals surface area contributed by atoms with Crippen molar-refractivity contribution in [3.8, 4) is 0 Å². The maximum absolute atomic E-state index is 11.1. The van der Waals surface area contributed by atoms with Crippen molar-refractivity contribution in [2.45, 2.75) is 32.1 Å². The summed E-state index contributed by atoms with van der Waals surface area (Å²) in [5.41, 5.74) is 0. The molecule has 1 saturated carbocycles. The number of carboxylic acids is 1. The Morgan fingerprint density at radius 3 is 2.38 bits per heavy atom. The summed E-state index contributed by atoms with van der Waals surface area (Å²) in [5.74, 6) is -1.73. The minimum Gasteiger partial charge on any atom is -0.481 e. The largest absolute Gasteiger partial charge is 0.481 e. The van der Waals surface area contributed by atoms with Crippen LogP contribution < -0.4 is 5.32 Å². The molecule has 0 bridgehead atoms. The minimum absolute atomic E-state index is 0.124. The molecule has 0 aromatic carbocycles. The van der Waals surface area contributed by atoms with Crippen LogP contribution in [-0.2, 0) is 9.59 Å². The van der Waals surface area contributed by atoms with Gasteiger partial charge in [-0.2, -0.15) is 0 Å². The summed E-state index contributed by atoms with van der Waals surface area (Å²) >= 11 is 0. The number of aliphatic hydroxyl groups excluding tert-OH is 1. The van der Waals surface area contributed by atoms with Crippen molar-refractivity contribution in [2.24, 2.45) is 11.8 Å². The van der Waals surface area contributed by atoms with E-state index in [1.54, 1.807) is 0 Å². The van der Waals surface area contributed by atoms with Gasteiger partial charge in [-0.15, -0.1) is 0 Å². The first-order valence-electron chi connectivity index (χ1n) is 5.75. The molecule has 1 rings (SSSR count). The Hall–Kier alpha value is -1.10. The number of carboxylic acid groups (broad SMARTS) is 1. The van der Waals surface area contributed by atoms with Crippen LogP contribution in [0.1, 0.15) is 32.1 Å². The van der Waals surface area contributed by atoms with Crippen LogP contribution in [0.4, 0.5) is 0 Å². The van der Waals surface area contributed by atoms with Gasteiger partial charge < -0.3 is 15.5 Å². The molecule has 5 nitrogen and oxygen atoms in total. The van der Waals surface area contributed by atoms with Crippen LogP contribution in [0.3, 0.4) is 0 Å². The number of rotatable bonds is 5. The number of carbonyl (C=O) groups is 2. The fourth-order valence-electron chi connectivity index (χ4n) is 2.27. The highest BCUT2D eigenvalue weighted by molar-refractivity contribution is 5.78. The molecule has 1 aliphatic rings. The summed E-state index contributed by atoms with van der Waals surface area (Å²) < 4.78 is 0. The lowest BCUT2D eigenvalue weighted by molar-refractivity contribution is -0.144. The predicted molar refractivity (Wildman–Crippen MR) is 57.8 cm³/mol. The first-order chi connectivity index (χ1) is 7.65. The second-order valence-corrected chi connectivity index (χ2v) is 4.31. The van der Waals surface area contributed by atoms with Gasteiger partial charge in [0.15, 0.2) is 0 Å². The Labute approximate surface area is 94.8 Å². The lowest BCUT2D eigenvalue weighted by atomic mass is 9.80. The van der Waals surface area contributed by atoms with Gasteiger partial charge in [-0.25, -0.2) is 0 Å². The van der Waals surface area contributed by atoms with E-state index in [1.165, 1.54) is 6.42 Å². The third-order valence-electron chi connectivity index (χ3n) is 3.20. The maximum Gasteiger partial charge on any atom is 0.308 e. The van der Waals surface area contributed by atoms with Crippen molar-refractivity contribution in [2.75, 3.05) is 13.2 Å². The average Bonchev–Trinajstić information content (AvgIpc) is 2.30. The molecule has 0 aromatic rings. The Bertz CT molecular complexity index is 248. The molecular formula is C11H19NO4. The number of hydrogen-bond acceptors (Lipinski definition) is 3. The molecule has 0 aromatic heterocycles. The fourth-order valence-corrected chi connectivity index (χ4v) is 2.27. The second kappa shape index (κ2) is 6.48. The van der Waals surface area contributed by atoms with E-state index in [2.05, 4.69) is 5.32 Å². The second-order valence-electron chi connectivity index (χ2n) is 4.31. The van der Waals surface area contributed by atoms with E-state index in [4.69, 9.17) is 10.2 Å². The Morgan fingerprint density at radius 2 is 1.88 bits per heavy atom. The monoisotopic (exact) mass is 229 g/mol. The van der Waals surface area contributed by atoms with Crippen molar-refractivity contribution >= 4 is 11.9 Å². The molecule has 1 amide bonds. The van der Waals surface area contributed by atoms with Crippen LogP contribution in [0.15, 0.2) is 0 Å². The first-order valence-corrected chi connectivity index (χ1v) is 5.75. The molecule has 0 heterocycles. The van der Waals surface area contributed by atoms with Crippen molar-refractivity contribution < 1.29 is 19.8 Å². The number of hydrogen-bond donors (Lipinski definition) is 3. The van der Waals surface area contributed by atoms with E-state index in [-0.39, 0.29) is 12.5 Å². The summed E-state index contributed by atoms with van der Waals surface area (Å²) in [4.78, 5) is 22.0. The van der Waals surface area contributed by atoms with E-state index in [1.807, 2.05) is 0 Å². The zero-order valence-corrected chi connectivity index (χ0v) is 9.32. The highest BCUT2D eigenvalue weighted by Crippen LogP contribution is 2.29. The zero-order chi connectivity index (χ0) is 12.0. The van der Waals surface area contributed by atoms with Crippen LogP contribution in [0.25, 0.3) is 0 Å². The van der Waals surface area contributed by atoms with Crippen molar-refractivity contribution in [3.05, 3.63) is 0 Å². The van der Waals surface area contributed by atoms with Crippen molar-refractivity contribution in [3.63, 3.8) is 0 Å². The average molecular weight is 229 g/mol. The van der Waals surface area contributed by atoms with Gasteiger partial charge in [0.1, 0.15) is 6.61 Å². The molecule has 0 radical (unpaired) electrons. The summed E-state index contributed by atoms with van der Waals surface area (Å²) in [6.45, 7) is -0.462. The van der Waals surface area contributed by atoms with E-state index < -0.39 is 24.4 Å². The van der Waals surface area contributed by atoms with Crippen molar-refractivity contribution in [1.29, 1.82) is 0 Å². The number of amides is 1. The van der Waals surface area contributed by atoms with Gasteiger partial charge in [0.25, 0.3) is 0 Å². The highest BCUT2D eigenvalue weighted by Gasteiger charge is 2.29. The number of aliphatic carboxylic acids is 1. The van der Waals surface area contributed by atoms with E-state index in [9.17, 15) is 9.59 Å². The third-order valence-corrected chi connectivity index (χ3v) is 3.20. The van der Waals surface area contributed by atoms with E-state index >= 15 is 0 Å². The fraction of sp³-hybridized carbons (Fsp3) is 0.818. The Balaban J connectivity index is 2.46. The molecule has 0 saturated heterocycles. The Kier molecular flexibility index (Phi) is 5.25. The Morgan fingerprint density at radius 1 is 1.25 bits per heavy atom. The highest BCUT2D eigenvalue weighted by atomic mass is 16.4. The van der Waals surface area contributed by atoms with Gasteiger partial charge in [-0.3, -0.25) is 9.59 Å². The smallest absolute Gasteiger partial charge is 0.308 e. The standard InChI is InChI=1S/C11H19NO4/c13-7-10(14)12-6-9(11(15)16)8-4-2-1-3-5-8/h8-9,13H,1-7H2,(H,12,14)(H,15,16). The lowest BCUT2D eigenvalue weighted by Crippen LogP contribution is -2.38. The van der Waals surface area contributed by atoms with Gasteiger partial charge in [0.05, 0.1) is 5.92 Å². The summed E-state index contributed by atoms with van der Waals surface area (Å²) in [7, 11) is 0. The molecule has 0 aliphatic heterocycles. The number of aliphatic hydroxyl groups is 1. The lowest BCUT2D eigenvalue weighted by Gasteiger charge is -2.27. The van der Waals surface area contributed by atoms with Gasteiger partial charge in [0, 0.05) is 6.54 Å². The normalized spacial score (nSPS) is 19.1. The van der Waals surface area contributed by atoms with Gasteiger partial charge in [-0.1, -0.05) is 19.3 Å². The summed E-state index contributed by atoms with van der Waals surface area (Å²) in [6, 6.07) is 0. The molecule has 92 valence electrons. The van der Waals surface area contributed by atoms with Gasteiger partial charge in [-0.05, 0) is 18.8 Å². The molecule has 1 unspecified atom stereocenters. The minimum atomic E-state index is -0.856. The van der Waals surface area contributed by atoms with Crippen molar-refractivity contribution in [1.82, 2.24) is 5.32 Å². The number of nitrogens with one attached hydrogen (secondary N) is 1. The molecule has 16 heavy (non-hydrogen) atoms. The third kappa shape index (κ3) is 3.81. The maximum atomic E-state index is 11.1. The molecule has 5 heteroatoms. The zero-order valence-electron chi connectivity index (χ0n) is 9.32. The van der Waals surface area contributed by atoms with Crippen LogP contribution in [-0.4, -0.2) is 35.2 Å². The molecule has 1 atom stereocenters. The van der Waals surface area contributed by atoms with Crippen LogP contribution in [0.5, 0.6) is 0 Å². The SMILES string of the molecule is O=C(CO)NCC(C(=O)O)C1CCCCC1. The topological polar surface area (TPSA) is 86.6 Å². The van der Waals surface area contributed by atoms with Crippen LogP contribution in [0.2, 0.25) is 0 Å². The van der Waals surface area contributed by atoms with E-state index in [0.29, 0.717) is 0 Å². The van der Waals surface area contributed by atoms with Gasteiger partial charge >= 0.3 is 5.97 Å².